The van der Waals surface area contributed by atoms with Crippen molar-refractivity contribution in [1.82, 2.24) is 4.98 Å². The van der Waals surface area contributed by atoms with E-state index < -0.39 is 0 Å². The van der Waals surface area contributed by atoms with Gasteiger partial charge in [-0.25, -0.2) is 0 Å². The second kappa shape index (κ2) is 4.89. The third-order valence-corrected chi connectivity index (χ3v) is 4.05. The van der Waals surface area contributed by atoms with Crippen LogP contribution in [0.2, 0.25) is 0 Å². The third kappa shape index (κ3) is 2.34. The van der Waals surface area contributed by atoms with Crippen molar-refractivity contribution in [2.24, 2.45) is 11.8 Å². The highest BCUT2D eigenvalue weighted by molar-refractivity contribution is 7.09. The Labute approximate surface area is 89.0 Å². The maximum absolute atomic E-state index is 9.37. The van der Waals surface area contributed by atoms with Crippen molar-refractivity contribution in [2.45, 2.75) is 32.1 Å². The van der Waals surface area contributed by atoms with Gasteiger partial charge >= 0.3 is 0 Å². The van der Waals surface area contributed by atoms with Crippen LogP contribution in [0.5, 0.6) is 0 Å². The van der Waals surface area contributed by atoms with E-state index in [0.717, 1.165) is 12.3 Å². The highest BCUT2D eigenvalue weighted by Gasteiger charge is 2.24. The lowest BCUT2D eigenvalue weighted by atomic mass is 9.88. The molecule has 1 aromatic rings. The van der Waals surface area contributed by atoms with Crippen LogP contribution < -0.4 is 0 Å². The first-order valence-corrected chi connectivity index (χ1v) is 6.26. The summed E-state index contributed by atoms with van der Waals surface area (Å²) in [4.78, 5) is 5.39. The van der Waals surface area contributed by atoms with Gasteiger partial charge in [-0.05, 0) is 18.3 Å². The Hall–Kier alpha value is -0.410. The lowest BCUT2D eigenvalue weighted by molar-refractivity contribution is 0.176. The maximum atomic E-state index is 9.37. The maximum Gasteiger partial charge on any atom is 0.0794 e. The number of hydrogen-bond acceptors (Lipinski definition) is 3. The average Bonchev–Trinajstić information content (AvgIpc) is 2.86. The van der Waals surface area contributed by atoms with Crippen LogP contribution >= 0.6 is 11.3 Å². The molecule has 1 fully saturated rings. The number of aliphatic hydroxyl groups excluding tert-OH is 1. The molecule has 0 bridgehead atoms. The molecule has 14 heavy (non-hydrogen) atoms. The second-order valence-electron chi connectivity index (χ2n) is 4.16. The molecule has 1 N–H and O–H groups in total. The first kappa shape index (κ1) is 10.1. The summed E-state index contributed by atoms with van der Waals surface area (Å²) in [6.45, 7) is 0.336. The Kier molecular flexibility index (Phi) is 3.54. The highest BCUT2D eigenvalue weighted by Crippen LogP contribution is 2.33. The van der Waals surface area contributed by atoms with Gasteiger partial charge in [0.15, 0.2) is 0 Å². The van der Waals surface area contributed by atoms with E-state index in [4.69, 9.17) is 0 Å². The number of thiazole rings is 1. The van der Waals surface area contributed by atoms with Crippen molar-refractivity contribution in [3.05, 3.63) is 16.6 Å². The third-order valence-electron chi connectivity index (χ3n) is 3.25. The lowest BCUT2D eigenvalue weighted by Crippen LogP contribution is -2.18. The van der Waals surface area contributed by atoms with Gasteiger partial charge in [-0.1, -0.05) is 25.7 Å². The second-order valence-corrected chi connectivity index (χ2v) is 5.13. The van der Waals surface area contributed by atoms with Crippen molar-refractivity contribution in [1.29, 1.82) is 0 Å². The summed E-state index contributed by atoms with van der Waals surface area (Å²) in [5, 5.41) is 9.37. The summed E-state index contributed by atoms with van der Waals surface area (Å²) in [5.41, 5.74) is 1.87. The molecule has 2 rings (SSSR count). The topological polar surface area (TPSA) is 33.1 Å². The summed E-state index contributed by atoms with van der Waals surface area (Å²) >= 11 is 1.70. The Morgan fingerprint density at radius 3 is 2.86 bits per heavy atom. The van der Waals surface area contributed by atoms with Gasteiger partial charge in [-0.3, -0.25) is 4.98 Å². The molecule has 3 heteroatoms. The van der Waals surface area contributed by atoms with Crippen LogP contribution in [0.1, 0.15) is 30.6 Å². The molecule has 1 aliphatic carbocycles. The molecule has 1 atom stereocenters. The number of aromatic nitrogens is 1. The van der Waals surface area contributed by atoms with E-state index in [-0.39, 0.29) is 0 Å². The van der Waals surface area contributed by atoms with Crippen LogP contribution in [0.3, 0.4) is 0 Å². The molecule has 1 aromatic heterocycles. The number of aliphatic hydroxyl groups is 1. The molecule has 0 spiro atoms. The Bertz CT molecular complexity index is 254. The zero-order valence-electron chi connectivity index (χ0n) is 8.35. The van der Waals surface area contributed by atoms with Crippen LogP contribution in [0, 0.1) is 11.8 Å². The fourth-order valence-electron chi connectivity index (χ4n) is 2.41. The molecule has 0 radical (unpaired) electrons. The van der Waals surface area contributed by atoms with Gasteiger partial charge in [-0.15, -0.1) is 11.3 Å². The molecule has 1 heterocycles. The molecular formula is C11H17NOS. The quantitative estimate of drug-likeness (QED) is 0.830. The van der Waals surface area contributed by atoms with Crippen LogP contribution in [-0.4, -0.2) is 16.7 Å². The van der Waals surface area contributed by atoms with Gasteiger partial charge in [0.25, 0.3) is 0 Å². The SMILES string of the molecule is OCC(Cc1cncs1)C1CCCC1. The van der Waals surface area contributed by atoms with Gasteiger partial charge in [0.2, 0.25) is 0 Å². The van der Waals surface area contributed by atoms with Gasteiger partial charge in [0.1, 0.15) is 0 Å². The van der Waals surface area contributed by atoms with Crippen molar-refractivity contribution < 1.29 is 5.11 Å². The minimum Gasteiger partial charge on any atom is -0.396 e. The van der Waals surface area contributed by atoms with E-state index in [0.29, 0.717) is 12.5 Å². The van der Waals surface area contributed by atoms with Gasteiger partial charge < -0.3 is 5.11 Å². The van der Waals surface area contributed by atoms with E-state index >= 15 is 0 Å². The van der Waals surface area contributed by atoms with E-state index in [1.165, 1.54) is 30.6 Å². The molecular weight excluding hydrogens is 194 g/mol. The monoisotopic (exact) mass is 211 g/mol. The molecule has 78 valence electrons. The fourth-order valence-corrected chi connectivity index (χ4v) is 3.10. The molecule has 1 unspecified atom stereocenters. The summed E-state index contributed by atoms with van der Waals surface area (Å²) in [5.74, 6) is 1.22. The number of nitrogens with zero attached hydrogens (tertiary/aromatic N) is 1. The van der Waals surface area contributed by atoms with Crippen molar-refractivity contribution in [3.63, 3.8) is 0 Å². The van der Waals surface area contributed by atoms with E-state index in [1.54, 1.807) is 11.3 Å². The summed E-state index contributed by atoms with van der Waals surface area (Å²) in [6, 6.07) is 0. The molecule has 0 amide bonds. The van der Waals surface area contributed by atoms with E-state index in [1.807, 2.05) is 11.7 Å². The minimum absolute atomic E-state index is 0.336. The summed E-state index contributed by atoms with van der Waals surface area (Å²) in [7, 11) is 0. The normalized spacial score (nSPS) is 20.1. The molecule has 0 aliphatic heterocycles. The first-order valence-electron chi connectivity index (χ1n) is 5.38. The predicted octanol–water partition coefficient (Wildman–Crippen LogP) is 2.48. The largest absolute Gasteiger partial charge is 0.396 e. The van der Waals surface area contributed by atoms with Crippen LogP contribution in [0.25, 0.3) is 0 Å². The van der Waals surface area contributed by atoms with Crippen LogP contribution in [0.15, 0.2) is 11.7 Å². The Morgan fingerprint density at radius 1 is 1.50 bits per heavy atom. The molecule has 0 saturated heterocycles. The van der Waals surface area contributed by atoms with Gasteiger partial charge in [0.05, 0.1) is 5.51 Å². The Morgan fingerprint density at radius 2 is 2.29 bits per heavy atom. The molecule has 1 saturated carbocycles. The summed E-state index contributed by atoms with van der Waals surface area (Å²) in [6.07, 6.45) is 8.27. The van der Waals surface area contributed by atoms with Crippen molar-refractivity contribution in [2.75, 3.05) is 6.61 Å². The minimum atomic E-state index is 0.336. The Balaban J connectivity index is 1.92. The molecule has 1 aliphatic rings. The van der Waals surface area contributed by atoms with Crippen LogP contribution in [-0.2, 0) is 6.42 Å². The zero-order valence-corrected chi connectivity index (χ0v) is 9.17. The number of hydrogen-bond donors (Lipinski definition) is 1. The summed E-state index contributed by atoms with van der Waals surface area (Å²) < 4.78 is 0. The average molecular weight is 211 g/mol. The van der Waals surface area contributed by atoms with Gasteiger partial charge in [0, 0.05) is 17.7 Å². The van der Waals surface area contributed by atoms with Gasteiger partial charge in [-0.2, -0.15) is 0 Å². The smallest absolute Gasteiger partial charge is 0.0794 e. The van der Waals surface area contributed by atoms with E-state index in [9.17, 15) is 5.11 Å². The fraction of sp³-hybridized carbons (Fsp3) is 0.727. The lowest BCUT2D eigenvalue weighted by Gasteiger charge is -2.19. The predicted molar refractivity (Wildman–Crippen MR) is 58.4 cm³/mol. The van der Waals surface area contributed by atoms with E-state index in [2.05, 4.69) is 4.98 Å². The van der Waals surface area contributed by atoms with Crippen molar-refractivity contribution >= 4 is 11.3 Å². The first-order chi connectivity index (χ1) is 6.90. The standard InChI is InChI=1S/C11H17NOS/c13-7-10(9-3-1-2-4-9)5-11-6-12-8-14-11/h6,8-10,13H,1-5,7H2. The number of rotatable bonds is 4. The van der Waals surface area contributed by atoms with Crippen molar-refractivity contribution in [3.8, 4) is 0 Å². The highest BCUT2D eigenvalue weighted by atomic mass is 32.1. The zero-order chi connectivity index (χ0) is 9.80. The molecule has 0 aromatic carbocycles. The van der Waals surface area contributed by atoms with Crippen LogP contribution in [0.4, 0.5) is 0 Å². The molecule has 2 nitrogen and oxygen atoms in total.